The van der Waals surface area contributed by atoms with Gasteiger partial charge in [-0.3, -0.25) is 0 Å². The van der Waals surface area contributed by atoms with Gasteiger partial charge in [0.05, 0.1) is 43.9 Å². The highest BCUT2D eigenvalue weighted by Crippen LogP contribution is 2.31. The van der Waals surface area contributed by atoms with Crippen LogP contribution in [0.3, 0.4) is 0 Å². The zero-order chi connectivity index (χ0) is 22.8. The van der Waals surface area contributed by atoms with Crippen LogP contribution >= 0.6 is 23.2 Å². The summed E-state index contributed by atoms with van der Waals surface area (Å²) in [5.41, 5.74) is 6.75. The van der Waals surface area contributed by atoms with E-state index in [4.69, 9.17) is 28.3 Å². The highest BCUT2D eigenvalue weighted by Gasteiger charge is 2.09. The van der Waals surface area contributed by atoms with E-state index in [2.05, 4.69) is 19.9 Å². The van der Waals surface area contributed by atoms with E-state index in [1.54, 1.807) is 24.3 Å². The fourth-order valence-corrected chi connectivity index (χ4v) is 3.85. The summed E-state index contributed by atoms with van der Waals surface area (Å²) in [5.74, 6) is 0.322. The molecule has 0 radical (unpaired) electrons. The zero-order valence-electron chi connectivity index (χ0n) is 17.3. The molecular weight excluding hydrogens is 455 g/mol. The molecule has 0 atom stereocenters. The number of nitrogens with one attached hydrogen (secondary N) is 2. The van der Waals surface area contributed by atoms with E-state index in [0.717, 1.165) is 44.8 Å². The van der Waals surface area contributed by atoms with Gasteiger partial charge < -0.3 is 15.1 Å². The average Bonchev–Trinajstić information content (AvgIpc) is 3.58. The first-order valence-corrected chi connectivity index (χ1v) is 11.0. The number of hydrogen-bond donors (Lipinski definition) is 3. The van der Waals surface area contributed by atoms with Crippen molar-refractivity contribution in [3.63, 3.8) is 0 Å². The predicted octanol–water partition coefficient (Wildman–Crippen LogP) is 7.35. The van der Waals surface area contributed by atoms with Gasteiger partial charge in [-0.2, -0.15) is 0 Å². The summed E-state index contributed by atoms with van der Waals surface area (Å²) in [5, 5.41) is 9.58. The Morgan fingerprint density at radius 2 is 1.03 bits per heavy atom. The average molecular weight is 473 g/mol. The van der Waals surface area contributed by atoms with Gasteiger partial charge in [-0.1, -0.05) is 41.4 Å². The first-order chi connectivity index (χ1) is 16.0. The summed E-state index contributed by atoms with van der Waals surface area (Å²) in [7, 11) is 0. The lowest BCUT2D eigenvalue weighted by molar-refractivity contribution is 0.475. The lowest BCUT2D eigenvalue weighted by atomic mass is 10.3. The molecule has 0 saturated carbocycles. The fourth-order valence-electron chi connectivity index (χ4n) is 3.44. The molecule has 8 bridgehead atoms. The third kappa shape index (κ3) is 4.85. The number of phenolic OH excluding ortho intramolecular Hbond substituents is 1. The number of aromatic hydroxyl groups is 1. The van der Waals surface area contributed by atoms with Crippen LogP contribution in [0.2, 0.25) is 10.0 Å². The van der Waals surface area contributed by atoms with Crippen molar-refractivity contribution in [1.82, 2.24) is 19.9 Å². The number of phenols is 1. The Morgan fingerprint density at radius 1 is 0.576 bits per heavy atom. The molecule has 7 heteroatoms. The third-order valence-electron chi connectivity index (χ3n) is 4.98. The molecule has 2 aliphatic heterocycles. The minimum atomic E-state index is 0.322. The normalized spacial score (nSPS) is 11.8. The van der Waals surface area contributed by atoms with Gasteiger partial charge in [0.25, 0.3) is 0 Å². The van der Waals surface area contributed by atoms with Crippen molar-refractivity contribution in [1.29, 1.82) is 0 Å². The minimum Gasteiger partial charge on any atom is -0.508 e. The van der Waals surface area contributed by atoms with Gasteiger partial charge in [0, 0.05) is 11.0 Å². The summed E-state index contributed by atoms with van der Waals surface area (Å²) in [4.78, 5) is 15.8. The highest BCUT2D eigenvalue weighted by molar-refractivity contribution is 6.46. The quantitative estimate of drug-likeness (QED) is 0.216. The molecule has 1 aromatic carbocycles. The van der Waals surface area contributed by atoms with Crippen molar-refractivity contribution >= 4 is 69.6 Å². The standard InChI is InChI=1S/C20H12Cl2N4.C6H6O/c21-19-17-9-15-5-3-13(24-15)7-11-1-2-12(23-11)8-14-4-6-16(25-14)10-18(26-17)20(19)22;7-6-4-2-1-3-5-6/h1-10,23,26H;1-5,7H. The van der Waals surface area contributed by atoms with Gasteiger partial charge >= 0.3 is 0 Å². The number of fused-ring (bicyclic) bond motifs is 8. The van der Waals surface area contributed by atoms with Crippen LogP contribution in [0.15, 0.2) is 66.7 Å². The second kappa shape index (κ2) is 8.98. The monoisotopic (exact) mass is 472 g/mol. The molecule has 5 nitrogen and oxygen atoms in total. The molecule has 162 valence electrons. The SMILES string of the molecule is Clc1c(Cl)c2cc3nc(cc4ccc(cc5nc(cc1[nH]2)C=C5)[nH]4)C=C3.Oc1ccccc1. The number of hydrogen-bond acceptors (Lipinski definition) is 3. The number of H-pyrrole nitrogens is 2. The van der Waals surface area contributed by atoms with Crippen molar-refractivity contribution < 1.29 is 5.11 Å². The molecule has 0 saturated heterocycles. The molecule has 6 rings (SSSR count). The zero-order valence-corrected chi connectivity index (χ0v) is 18.8. The van der Waals surface area contributed by atoms with Crippen molar-refractivity contribution in [2.24, 2.45) is 0 Å². The van der Waals surface area contributed by atoms with E-state index in [1.807, 2.05) is 66.8 Å². The Bertz CT molecular complexity index is 1460. The summed E-state index contributed by atoms with van der Waals surface area (Å²) < 4.78 is 0. The fraction of sp³-hybridized carbons (Fsp3) is 0. The third-order valence-corrected chi connectivity index (χ3v) is 5.86. The van der Waals surface area contributed by atoms with Gasteiger partial charge in [0.1, 0.15) is 5.75 Å². The molecule has 0 aliphatic carbocycles. The second-order valence-electron chi connectivity index (χ2n) is 7.45. The summed E-state index contributed by atoms with van der Waals surface area (Å²) in [6, 6.07) is 20.5. The lowest BCUT2D eigenvalue weighted by Gasteiger charge is -1.86. The number of benzene rings is 1. The second-order valence-corrected chi connectivity index (χ2v) is 8.21. The van der Waals surface area contributed by atoms with E-state index < -0.39 is 0 Å². The van der Waals surface area contributed by atoms with Gasteiger partial charge in [0.2, 0.25) is 0 Å². The van der Waals surface area contributed by atoms with Gasteiger partial charge in [-0.25, -0.2) is 9.97 Å². The van der Waals surface area contributed by atoms with Crippen molar-refractivity contribution in [2.45, 2.75) is 0 Å². The Morgan fingerprint density at radius 3 is 1.45 bits per heavy atom. The molecule has 3 N–H and O–H groups in total. The largest absolute Gasteiger partial charge is 0.508 e. The Balaban J connectivity index is 0.000000281. The first kappa shape index (κ1) is 21.1. The summed E-state index contributed by atoms with van der Waals surface area (Å²) in [6.45, 7) is 0. The number of nitrogens with zero attached hydrogens (tertiary/aromatic N) is 2. The molecule has 4 aromatic rings. The molecular formula is C26H18Cl2N4O. The lowest BCUT2D eigenvalue weighted by Crippen LogP contribution is -1.75. The highest BCUT2D eigenvalue weighted by atomic mass is 35.5. The van der Waals surface area contributed by atoms with Crippen LogP contribution in [-0.4, -0.2) is 25.0 Å². The Hall–Kier alpha value is -3.80. The van der Waals surface area contributed by atoms with E-state index >= 15 is 0 Å². The topological polar surface area (TPSA) is 77.6 Å². The van der Waals surface area contributed by atoms with Crippen LogP contribution in [-0.2, 0) is 0 Å². The van der Waals surface area contributed by atoms with E-state index in [-0.39, 0.29) is 0 Å². The van der Waals surface area contributed by atoms with Crippen molar-refractivity contribution in [3.05, 3.63) is 99.6 Å². The number of rotatable bonds is 0. The number of aromatic nitrogens is 4. The Kier molecular flexibility index (Phi) is 5.73. The molecule has 0 amide bonds. The van der Waals surface area contributed by atoms with Crippen molar-refractivity contribution in [2.75, 3.05) is 0 Å². The van der Waals surface area contributed by atoms with Gasteiger partial charge in [-0.15, -0.1) is 0 Å². The molecule has 0 unspecified atom stereocenters. The van der Waals surface area contributed by atoms with Gasteiger partial charge in [-0.05, 0) is 72.8 Å². The van der Waals surface area contributed by atoms with Crippen molar-refractivity contribution in [3.8, 4) is 5.75 Å². The molecule has 5 heterocycles. The maximum Gasteiger partial charge on any atom is 0.115 e. The van der Waals surface area contributed by atoms with Crippen LogP contribution in [0.25, 0.3) is 46.4 Å². The number of aromatic amines is 2. The predicted molar refractivity (Wildman–Crippen MR) is 137 cm³/mol. The van der Waals surface area contributed by atoms with E-state index in [0.29, 0.717) is 15.8 Å². The summed E-state index contributed by atoms with van der Waals surface area (Å²) >= 11 is 12.8. The summed E-state index contributed by atoms with van der Waals surface area (Å²) in [6.07, 6.45) is 7.81. The van der Waals surface area contributed by atoms with Gasteiger partial charge in [0.15, 0.2) is 0 Å². The first-order valence-electron chi connectivity index (χ1n) is 10.2. The Labute approximate surface area is 199 Å². The van der Waals surface area contributed by atoms with E-state index in [9.17, 15) is 0 Å². The number of para-hydroxylation sites is 1. The van der Waals surface area contributed by atoms with Crippen LogP contribution in [0.4, 0.5) is 0 Å². The maximum absolute atomic E-state index is 8.63. The molecule has 33 heavy (non-hydrogen) atoms. The molecule has 0 fully saturated rings. The maximum atomic E-state index is 8.63. The van der Waals surface area contributed by atoms with Crippen LogP contribution in [0, 0.1) is 0 Å². The molecule has 2 aliphatic rings. The van der Waals surface area contributed by atoms with Crippen LogP contribution in [0.1, 0.15) is 22.8 Å². The smallest absolute Gasteiger partial charge is 0.115 e. The minimum absolute atomic E-state index is 0.322. The molecule has 0 spiro atoms. The molecule has 3 aromatic heterocycles. The van der Waals surface area contributed by atoms with E-state index in [1.165, 1.54) is 0 Å². The number of halogens is 2. The van der Waals surface area contributed by atoms with Crippen LogP contribution < -0.4 is 0 Å². The van der Waals surface area contributed by atoms with Crippen LogP contribution in [0.5, 0.6) is 5.75 Å².